The van der Waals surface area contributed by atoms with Crippen LogP contribution in [0.3, 0.4) is 0 Å². The summed E-state index contributed by atoms with van der Waals surface area (Å²) >= 11 is 1.89. The van der Waals surface area contributed by atoms with Gasteiger partial charge >= 0.3 is 0 Å². The molecule has 1 unspecified atom stereocenters. The number of hydrogen-bond donors (Lipinski definition) is 0. The van der Waals surface area contributed by atoms with Crippen molar-refractivity contribution in [3.05, 3.63) is 59.7 Å². The molecule has 1 aromatic heterocycles. The van der Waals surface area contributed by atoms with Crippen molar-refractivity contribution in [1.29, 1.82) is 0 Å². The SMILES string of the molecule is Cc1cc2sc3ccccc3c2cc1C1C=CC=[N+]1C. The second-order valence-corrected chi connectivity index (χ2v) is 6.53. The molecule has 0 saturated heterocycles. The van der Waals surface area contributed by atoms with E-state index in [1.807, 2.05) is 11.3 Å². The standard InChI is InChI=1S/C18H16NS/c1-12-10-18-15(13-6-3-4-8-17(13)20-18)11-14(12)16-7-5-9-19(16)2/h3-11,16H,1-2H3/q+1. The second kappa shape index (κ2) is 4.29. The van der Waals surface area contributed by atoms with Gasteiger partial charge in [0.25, 0.3) is 0 Å². The maximum Gasteiger partial charge on any atom is 0.197 e. The average molecular weight is 278 g/mol. The van der Waals surface area contributed by atoms with E-state index in [4.69, 9.17) is 0 Å². The summed E-state index contributed by atoms with van der Waals surface area (Å²) in [5.74, 6) is 0. The van der Waals surface area contributed by atoms with E-state index < -0.39 is 0 Å². The Bertz CT molecular complexity index is 883. The molecule has 4 rings (SSSR count). The summed E-state index contributed by atoms with van der Waals surface area (Å²) in [6.45, 7) is 2.22. The van der Waals surface area contributed by atoms with E-state index in [1.54, 1.807) is 0 Å². The molecule has 3 aromatic rings. The largest absolute Gasteiger partial charge is 0.228 e. The van der Waals surface area contributed by atoms with Gasteiger partial charge in [0, 0.05) is 31.8 Å². The summed E-state index contributed by atoms with van der Waals surface area (Å²) in [6, 6.07) is 13.8. The maximum atomic E-state index is 2.38. The van der Waals surface area contributed by atoms with E-state index in [1.165, 1.54) is 31.3 Å². The monoisotopic (exact) mass is 278 g/mol. The molecule has 0 radical (unpaired) electrons. The van der Waals surface area contributed by atoms with Gasteiger partial charge in [0.2, 0.25) is 0 Å². The topological polar surface area (TPSA) is 3.01 Å². The van der Waals surface area contributed by atoms with Crippen LogP contribution in [-0.2, 0) is 0 Å². The third kappa shape index (κ3) is 1.65. The highest BCUT2D eigenvalue weighted by molar-refractivity contribution is 7.25. The van der Waals surface area contributed by atoms with Crippen LogP contribution in [0.15, 0.2) is 48.6 Å². The van der Waals surface area contributed by atoms with Crippen molar-refractivity contribution in [2.45, 2.75) is 13.0 Å². The Morgan fingerprint density at radius 1 is 1.05 bits per heavy atom. The molecular formula is C18H16NS+. The first-order valence-electron chi connectivity index (χ1n) is 6.89. The lowest BCUT2D eigenvalue weighted by Crippen LogP contribution is -2.10. The zero-order valence-corrected chi connectivity index (χ0v) is 12.4. The van der Waals surface area contributed by atoms with Crippen LogP contribution in [0.25, 0.3) is 20.2 Å². The summed E-state index contributed by atoms with van der Waals surface area (Å²) in [6.07, 6.45) is 6.54. The number of hydrogen-bond acceptors (Lipinski definition) is 1. The lowest BCUT2D eigenvalue weighted by molar-refractivity contribution is -0.523. The number of aryl methyl sites for hydroxylation is 1. The quantitative estimate of drug-likeness (QED) is 0.568. The van der Waals surface area contributed by atoms with Gasteiger partial charge in [-0.15, -0.1) is 11.3 Å². The fraction of sp³-hybridized carbons (Fsp3) is 0.167. The van der Waals surface area contributed by atoms with Crippen molar-refractivity contribution in [3.8, 4) is 0 Å². The van der Waals surface area contributed by atoms with Crippen molar-refractivity contribution in [2.75, 3.05) is 7.05 Å². The van der Waals surface area contributed by atoms with E-state index in [0.29, 0.717) is 6.04 Å². The minimum absolute atomic E-state index is 0.373. The van der Waals surface area contributed by atoms with Crippen molar-refractivity contribution in [1.82, 2.24) is 0 Å². The van der Waals surface area contributed by atoms with Crippen LogP contribution < -0.4 is 0 Å². The highest BCUT2D eigenvalue weighted by Gasteiger charge is 2.22. The van der Waals surface area contributed by atoms with E-state index in [2.05, 4.69) is 73.3 Å². The molecule has 0 amide bonds. The molecule has 2 heterocycles. The Morgan fingerprint density at radius 2 is 1.90 bits per heavy atom. The van der Waals surface area contributed by atoms with Crippen LogP contribution in [0.1, 0.15) is 17.2 Å². The van der Waals surface area contributed by atoms with Crippen LogP contribution in [0.2, 0.25) is 0 Å². The molecular weight excluding hydrogens is 262 g/mol. The lowest BCUT2D eigenvalue weighted by atomic mass is 9.98. The fourth-order valence-corrected chi connectivity index (χ4v) is 4.24. The Balaban J connectivity index is 2.03. The average Bonchev–Trinajstić information content (AvgIpc) is 3.01. The van der Waals surface area contributed by atoms with Crippen LogP contribution in [0, 0.1) is 6.92 Å². The van der Waals surface area contributed by atoms with Gasteiger partial charge in [-0.05, 0) is 36.8 Å². The van der Waals surface area contributed by atoms with E-state index in [0.717, 1.165) is 0 Å². The number of thiophene rings is 1. The van der Waals surface area contributed by atoms with Gasteiger partial charge in [0.15, 0.2) is 12.3 Å². The molecule has 1 aliphatic rings. The zero-order chi connectivity index (χ0) is 13.7. The number of fused-ring (bicyclic) bond motifs is 3. The van der Waals surface area contributed by atoms with E-state index in [9.17, 15) is 0 Å². The highest BCUT2D eigenvalue weighted by atomic mass is 32.1. The van der Waals surface area contributed by atoms with Gasteiger partial charge < -0.3 is 0 Å². The molecule has 1 atom stereocenters. The highest BCUT2D eigenvalue weighted by Crippen LogP contribution is 2.37. The van der Waals surface area contributed by atoms with Gasteiger partial charge in [0.05, 0.1) is 0 Å². The van der Waals surface area contributed by atoms with Crippen molar-refractivity contribution in [3.63, 3.8) is 0 Å². The summed E-state index contributed by atoms with van der Waals surface area (Å²) in [7, 11) is 2.14. The Kier molecular flexibility index (Phi) is 2.54. The van der Waals surface area contributed by atoms with Gasteiger partial charge in [-0.25, -0.2) is 4.58 Å². The molecule has 0 saturated carbocycles. The van der Waals surface area contributed by atoms with Crippen LogP contribution >= 0.6 is 11.3 Å². The molecule has 1 nitrogen and oxygen atoms in total. The van der Waals surface area contributed by atoms with Crippen LogP contribution in [0.4, 0.5) is 0 Å². The lowest BCUT2D eigenvalue weighted by Gasteiger charge is -2.10. The molecule has 0 fully saturated rings. The minimum Gasteiger partial charge on any atom is -0.228 e. The molecule has 0 N–H and O–H groups in total. The van der Waals surface area contributed by atoms with E-state index in [-0.39, 0.29) is 0 Å². The smallest absolute Gasteiger partial charge is 0.197 e. The van der Waals surface area contributed by atoms with Gasteiger partial charge in [0.1, 0.15) is 7.05 Å². The van der Waals surface area contributed by atoms with Crippen molar-refractivity contribution < 1.29 is 4.58 Å². The third-order valence-electron chi connectivity index (χ3n) is 4.14. The third-order valence-corrected chi connectivity index (χ3v) is 5.27. The van der Waals surface area contributed by atoms with E-state index >= 15 is 0 Å². The van der Waals surface area contributed by atoms with Crippen molar-refractivity contribution >= 4 is 37.7 Å². The summed E-state index contributed by atoms with van der Waals surface area (Å²) in [5.41, 5.74) is 2.79. The zero-order valence-electron chi connectivity index (χ0n) is 11.6. The van der Waals surface area contributed by atoms with Crippen LogP contribution in [0.5, 0.6) is 0 Å². The summed E-state index contributed by atoms with van der Waals surface area (Å²) in [4.78, 5) is 0. The van der Waals surface area contributed by atoms with Gasteiger partial charge in [-0.3, -0.25) is 0 Å². The Labute approximate surface area is 122 Å². The van der Waals surface area contributed by atoms with Crippen molar-refractivity contribution in [2.24, 2.45) is 0 Å². The van der Waals surface area contributed by atoms with Crippen LogP contribution in [-0.4, -0.2) is 17.8 Å². The second-order valence-electron chi connectivity index (χ2n) is 5.45. The van der Waals surface area contributed by atoms with Gasteiger partial charge in [-0.1, -0.05) is 18.2 Å². The number of rotatable bonds is 1. The number of likely N-dealkylation sites (N-methyl/N-ethyl adjacent to an activating group) is 1. The minimum atomic E-state index is 0.373. The normalized spacial score (nSPS) is 18.1. The molecule has 0 bridgehead atoms. The summed E-state index contributed by atoms with van der Waals surface area (Å²) in [5, 5.41) is 2.77. The molecule has 0 spiro atoms. The first-order chi connectivity index (χ1) is 9.74. The Morgan fingerprint density at radius 3 is 2.70 bits per heavy atom. The maximum absolute atomic E-state index is 2.38. The predicted molar refractivity (Wildman–Crippen MR) is 88.2 cm³/mol. The fourth-order valence-electron chi connectivity index (χ4n) is 3.05. The number of allylic oxidation sites excluding steroid dienone is 1. The predicted octanol–water partition coefficient (Wildman–Crippen LogP) is 4.69. The summed E-state index contributed by atoms with van der Waals surface area (Å²) < 4.78 is 5.03. The first kappa shape index (κ1) is 11.9. The Hall–Kier alpha value is -1.93. The molecule has 2 heteroatoms. The number of benzene rings is 2. The first-order valence-corrected chi connectivity index (χ1v) is 7.71. The number of nitrogens with zero attached hydrogens (tertiary/aromatic N) is 1. The molecule has 1 aliphatic heterocycles. The van der Waals surface area contributed by atoms with Gasteiger partial charge in [-0.2, -0.15) is 0 Å². The molecule has 0 aliphatic carbocycles. The molecule has 2 aromatic carbocycles. The molecule has 98 valence electrons. The molecule has 20 heavy (non-hydrogen) atoms.